The maximum absolute atomic E-state index is 12.3. The van der Waals surface area contributed by atoms with Crippen molar-refractivity contribution in [2.45, 2.75) is 6.92 Å². The third kappa shape index (κ3) is 4.69. The van der Waals surface area contributed by atoms with E-state index in [0.717, 1.165) is 5.56 Å². The van der Waals surface area contributed by atoms with E-state index in [2.05, 4.69) is 10.1 Å². The second-order valence-electron chi connectivity index (χ2n) is 5.20. The monoisotopic (exact) mass is 354 g/mol. The molecule has 0 bridgehead atoms. The predicted molar refractivity (Wildman–Crippen MR) is 96.2 cm³/mol. The van der Waals surface area contributed by atoms with Crippen molar-refractivity contribution in [1.29, 1.82) is 5.26 Å². The molecule has 0 saturated heterocycles. The van der Waals surface area contributed by atoms with Gasteiger partial charge in [0, 0.05) is 10.7 Å². The van der Waals surface area contributed by atoms with Gasteiger partial charge in [0.15, 0.2) is 0 Å². The van der Waals surface area contributed by atoms with Gasteiger partial charge in [-0.15, -0.1) is 0 Å². The number of esters is 1. The van der Waals surface area contributed by atoms with Crippen LogP contribution < -0.4 is 5.32 Å². The van der Waals surface area contributed by atoms with Gasteiger partial charge in [0.2, 0.25) is 0 Å². The first-order chi connectivity index (χ1) is 11.9. The third-order valence-electron chi connectivity index (χ3n) is 3.44. The molecular weight excluding hydrogens is 340 g/mol. The SMILES string of the molecule is COC(=O)c1ccc(/C=C(\C#N)C(=O)Nc2ccc(Cl)cc2C)cc1. The van der Waals surface area contributed by atoms with Gasteiger partial charge in [0.05, 0.1) is 12.7 Å². The van der Waals surface area contributed by atoms with Gasteiger partial charge in [-0.2, -0.15) is 5.26 Å². The van der Waals surface area contributed by atoms with Crippen molar-refractivity contribution in [3.63, 3.8) is 0 Å². The Hall–Kier alpha value is -3.10. The van der Waals surface area contributed by atoms with Crippen LogP contribution in [0.25, 0.3) is 6.08 Å². The molecule has 6 heteroatoms. The predicted octanol–water partition coefficient (Wildman–Crippen LogP) is 3.98. The molecule has 5 nitrogen and oxygen atoms in total. The van der Waals surface area contributed by atoms with Crippen LogP contribution in [0.5, 0.6) is 0 Å². The summed E-state index contributed by atoms with van der Waals surface area (Å²) in [5, 5.41) is 12.5. The van der Waals surface area contributed by atoms with Gasteiger partial charge in [0.25, 0.3) is 5.91 Å². The summed E-state index contributed by atoms with van der Waals surface area (Å²) in [5.74, 6) is -0.975. The van der Waals surface area contributed by atoms with Gasteiger partial charge in [-0.3, -0.25) is 4.79 Å². The molecule has 0 radical (unpaired) electrons. The lowest BCUT2D eigenvalue weighted by Crippen LogP contribution is -2.14. The molecule has 2 aromatic rings. The average Bonchev–Trinajstić information content (AvgIpc) is 2.61. The van der Waals surface area contributed by atoms with Crippen molar-refractivity contribution >= 4 is 35.2 Å². The Morgan fingerprint density at radius 2 is 1.88 bits per heavy atom. The van der Waals surface area contributed by atoms with Crippen molar-refractivity contribution in [1.82, 2.24) is 0 Å². The number of halogens is 1. The van der Waals surface area contributed by atoms with Crippen molar-refractivity contribution in [3.8, 4) is 6.07 Å². The molecule has 2 aromatic carbocycles. The van der Waals surface area contributed by atoms with Crippen LogP contribution in [0.4, 0.5) is 5.69 Å². The topological polar surface area (TPSA) is 79.2 Å². The highest BCUT2D eigenvalue weighted by Gasteiger charge is 2.11. The number of anilines is 1. The Morgan fingerprint density at radius 3 is 2.44 bits per heavy atom. The molecule has 0 spiro atoms. The van der Waals surface area contributed by atoms with E-state index in [1.807, 2.05) is 13.0 Å². The fourth-order valence-electron chi connectivity index (χ4n) is 2.11. The van der Waals surface area contributed by atoms with E-state index < -0.39 is 11.9 Å². The van der Waals surface area contributed by atoms with Gasteiger partial charge < -0.3 is 10.1 Å². The molecule has 0 fully saturated rings. The highest BCUT2D eigenvalue weighted by atomic mass is 35.5. The summed E-state index contributed by atoms with van der Waals surface area (Å²) in [6.07, 6.45) is 1.45. The van der Waals surface area contributed by atoms with Crippen LogP contribution in [-0.2, 0) is 9.53 Å². The number of carbonyl (C=O) groups excluding carboxylic acids is 2. The second-order valence-corrected chi connectivity index (χ2v) is 5.63. The molecular formula is C19H15ClN2O3. The van der Waals surface area contributed by atoms with Gasteiger partial charge in [-0.1, -0.05) is 23.7 Å². The maximum atomic E-state index is 12.3. The first-order valence-electron chi connectivity index (χ1n) is 7.32. The van der Waals surface area contributed by atoms with E-state index in [1.54, 1.807) is 42.5 Å². The number of amides is 1. The number of aryl methyl sites for hydroxylation is 1. The standard InChI is InChI=1S/C19H15ClN2O3/c1-12-9-16(20)7-8-17(12)22-18(23)15(11-21)10-13-3-5-14(6-4-13)19(24)25-2/h3-10H,1-2H3,(H,22,23)/b15-10+. The Balaban J connectivity index is 2.20. The lowest BCUT2D eigenvalue weighted by atomic mass is 10.1. The minimum Gasteiger partial charge on any atom is -0.465 e. The molecule has 2 rings (SSSR count). The number of nitriles is 1. The lowest BCUT2D eigenvalue weighted by Gasteiger charge is -2.08. The first kappa shape index (κ1) is 18.2. The third-order valence-corrected chi connectivity index (χ3v) is 3.68. The van der Waals surface area contributed by atoms with Crippen LogP contribution in [0.3, 0.4) is 0 Å². The van der Waals surface area contributed by atoms with E-state index in [1.165, 1.54) is 13.2 Å². The second kappa shape index (κ2) is 8.13. The lowest BCUT2D eigenvalue weighted by molar-refractivity contribution is -0.112. The summed E-state index contributed by atoms with van der Waals surface area (Å²) >= 11 is 5.89. The Bertz CT molecular complexity index is 881. The highest BCUT2D eigenvalue weighted by Crippen LogP contribution is 2.20. The Kier molecular flexibility index (Phi) is 5.93. The van der Waals surface area contributed by atoms with Gasteiger partial charge >= 0.3 is 5.97 Å². The van der Waals surface area contributed by atoms with Crippen molar-refractivity contribution in [2.24, 2.45) is 0 Å². The van der Waals surface area contributed by atoms with Crippen molar-refractivity contribution in [2.75, 3.05) is 12.4 Å². The molecule has 1 amide bonds. The number of nitrogens with one attached hydrogen (secondary N) is 1. The summed E-state index contributed by atoms with van der Waals surface area (Å²) in [5.41, 5.74) is 2.32. The first-order valence-corrected chi connectivity index (χ1v) is 7.70. The minimum atomic E-state index is -0.523. The number of hydrogen-bond acceptors (Lipinski definition) is 4. The molecule has 0 unspecified atom stereocenters. The Morgan fingerprint density at radius 1 is 1.20 bits per heavy atom. The molecule has 0 aliphatic heterocycles. The summed E-state index contributed by atoms with van der Waals surface area (Å²) in [7, 11) is 1.30. The molecule has 0 aliphatic rings. The number of ether oxygens (including phenoxy) is 1. The maximum Gasteiger partial charge on any atom is 0.337 e. The van der Waals surface area contributed by atoms with Crippen LogP contribution in [0, 0.1) is 18.3 Å². The number of hydrogen-bond donors (Lipinski definition) is 1. The van der Waals surface area contributed by atoms with Crippen molar-refractivity contribution < 1.29 is 14.3 Å². The smallest absolute Gasteiger partial charge is 0.337 e. The highest BCUT2D eigenvalue weighted by molar-refractivity contribution is 6.30. The minimum absolute atomic E-state index is 0.0554. The number of methoxy groups -OCH3 is 1. The van der Waals surface area contributed by atoms with Crippen LogP contribution in [0.2, 0.25) is 5.02 Å². The van der Waals surface area contributed by atoms with Crippen LogP contribution in [0.1, 0.15) is 21.5 Å². The summed E-state index contributed by atoms with van der Waals surface area (Å²) < 4.78 is 4.62. The quantitative estimate of drug-likeness (QED) is 0.511. The number of nitrogens with zero attached hydrogens (tertiary/aromatic N) is 1. The normalized spacial score (nSPS) is 10.7. The zero-order valence-electron chi connectivity index (χ0n) is 13.7. The van der Waals surface area contributed by atoms with E-state index in [0.29, 0.717) is 21.8 Å². The number of rotatable bonds is 4. The van der Waals surface area contributed by atoms with E-state index in [9.17, 15) is 14.9 Å². The number of carbonyl (C=O) groups is 2. The van der Waals surface area contributed by atoms with Gasteiger partial charge in [0.1, 0.15) is 11.6 Å². The summed E-state index contributed by atoms with van der Waals surface area (Å²) in [6.45, 7) is 1.81. The zero-order chi connectivity index (χ0) is 18.4. The van der Waals surface area contributed by atoms with E-state index in [-0.39, 0.29) is 5.57 Å². The van der Waals surface area contributed by atoms with Crippen LogP contribution >= 0.6 is 11.6 Å². The molecule has 0 heterocycles. The van der Waals surface area contributed by atoms with Crippen molar-refractivity contribution in [3.05, 3.63) is 69.8 Å². The van der Waals surface area contributed by atoms with Gasteiger partial charge in [-0.05, 0) is 54.5 Å². The van der Waals surface area contributed by atoms with E-state index >= 15 is 0 Å². The molecule has 0 saturated carbocycles. The fraction of sp³-hybridized carbons (Fsp3) is 0.105. The molecule has 25 heavy (non-hydrogen) atoms. The van der Waals surface area contributed by atoms with Gasteiger partial charge in [-0.25, -0.2) is 4.79 Å². The largest absolute Gasteiger partial charge is 0.465 e. The molecule has 0 aromatic heterocycles. The fourth-order valence-corrected chi connectivity index (χ4v) is 2.33. The molecule has 1 N–H and O–H groups in total. The van der Waals surface area contributed by atoms with Crippen LogP contribution in [0.15, 0.2) is 48.0 Å². The summed E-state index contributed by atoms with van der Waals surface area (Å²) in [4.78, 5) is 23.7. The average molecular weight is 355 g/mol. The molecule has 0 aliphatic carbocycles. The molecule has 126 valence electrons. The number of benzene rings is 2. The van der Waals surface area contributed by atoms with Crippen LogP contribution in [-0.4, -0.2) is 19.0 Å². The zero-order valence-corrected chi connectivity index (χ0v) is 14.4. The summed E-state index contributed by atoms with van der Waals surface area (Å²) in [6, 6.07) is 13.3. The van der Waals surface area contributed by atoms with E-state index in [4.69, 9.17) is 11.6 Å². The Labute approximate surface area is 150 Å². The molecule has 0 atom stereocenters.